The number of hydrogen-bond acceptors (Lipinski definition) is 4. The van der Waals surface area contributed by atoms with Crippen molar-refractivity contribution in [3.05, 3.63) is 23.8 Å². The van der Waals surface area contributed by atoms with Gasteiger partial charge in [0, 0.05) is 6.42 Å². The van der Waals surface area contributed by atoms with Crippen LogP contribution in [0.3, 0.4) is 0 Å². The average Bonchev–Trinajstić information content (AvgIpc) is 2.48. The molecule has 0 aliphatic carbocycles. The highest BCUT2D eigenvalue weighted by atomic mass is 16.5. The third-order valence-electron chi connectivity index (χ3n) is 3.37. The summed E-state index contributed by atoms with van der Waals surface area (Å²) in [5.41, 5.74) is 7.87. The van der Waals surface area contributed by atoms with Gasteiger partial charge in [-0.1, -0.05) is 19.4 Å². The summed E-state index contributed by atoms with van der Waals surface area (Å²) >= 11 is 0. The number of carbonyl (C=O) groups is 1. The van der Waals surface area contributed by atoms with Crippen molar-refractivity contribution in [3.63, 3.8) is 0 Å². The maximum Gasteiger partial charge on any atom is 0.303 e. The molecule has 0 fully saturated rings. The van der Waals surface area contributed by atoms with Gasteiger partial charge in [-0.2, -0.15) is 0 Å². The molecule has 1 aromatic carbocycles. The van der Waals surface area contributed by atoms with Gasteiger partial charge in [0.1, 0.15) is 5.75 Å². The lowest BCUT2D eigenvalue weighted by atomic mass is 10.1. The van der Waals surface area contributed by atoms with Crippen LogP contribution >= 0.6 is 0 Å². The van der Waals surface area contributed by atoms with Gasteiger partial charge in [-0.05, 0) is 56.5 Å². The van der Waals surface area contributed by atoms with E-state index in [9.17, 15) is 4.79 Å². The first-order chi connectivity index (χ1) is 10.6. The highest BCUT2D eigenvalue weighted by Crippen LogP contribution is 2.22. The molecule has 0 atom stereocenters. The smallest absolute Gasteiger partial charge is 0.303 e. The molecule has 0 heterocycles. The minimum Gasteiger partial charge on any atom is -0.491 e. The van der Waals surface area contributed by atoms with Crippen LogP contribution in [0, 0.1) is 0 Å². The van der Waals surface area contributed by atoms with E-state index in [2.05, 4.69) is 18.3 Å². The fourth-order valence-corrected chi connectivity index (χ4v) is 2.16. The zero-order valence-corrected chi connectivity index (χ0v) is 13.4. The summed E-state index contributed by atoms with van der Waals surface area (Å²) in [6.45, 7) is 4.57. The van der Waals surface area contributed by atoms with Crippen molar-refractivity contribution in [3.8, 4) is 5.75 Å². The molecule has 0 saturated carbocycles. The van der Waals surface area contributed by atoms with Gasteiger partial charge in [0.25, 0.3) is 0 Å². The lowest BCUT2D eigenvalue weighted by Gasteiger charge is -2.10. The number of rotatable bonds is 12. The first kappa shape index (κ1) is 18.3. The molecule has 0 unspecified atom stereocenters. The average molecular weight is 308 g/mol. The van der Waals surface area contributed by atoms with E-state index in [-0.39, 0.29) is 6.42 Å². The summed E-state index contributed by atoms with van der Waals surface area (Å²) in [6.07, 6.45) is 4.89. The molecule has 0 bridgehead atoms. The van der Waals surface area contributed by atoms with Crippen molar-refractivity contribution in [2.75, 3.05) is 25.4 Å². The van der Waals surface area contributed by atoms with Crippen LogP contribution in [0.2, 0.25) is 0 Å². The van der Waals surface area contributed by atoms with Gasteiger partial charge in [-0.15, -0.1) is 0 Å². The molecule has 0 spiro atoms. The number of carboxylic acids is 1. The maximum absolute atomic E-state index is 10.4. The van der Waals surface area contributed by atoms with Gasteiger partial charge in [0.2, 0.25) is 0 Å². The SMILES string of the molecule is CCCOc1ccc(CCNCCCCCC(=O)O)cc1N. The number of anilines is 1. The third kappa shape index (κ3) is 7.88. The molecule has 22 heavy (non-hydrogen) atoms. The summed E-state index contributed by atoms with van der Waals surface area (Å²) in [7, 11) is 0. The number of unbranched alkanes of at least 4 members (excludes halogenated alkanes) is 2. The summed E-state index contributed by atoms with van der Waals surface area (Å²) in [5.74, 6) is 0.0499. The van der Waals surface area contributed by atoms with Gasteiger partial charge >= 0.3 is 5.97 Å². The molecule has 0 aliphatic rings. The van der Waals surface area contributed by atoms with Crippen LogP contribution in [-0.2, 0) is 11.2 Å². The van der Waals surface area contributed by atoms with Crippen LogP contribution < -0.4 is 15.8 Å². The fraction of sp³-hybridized carbons (Fsp3) is 0.588. The molecule has 5 nitrogen and oxygen atoms in total. The Labute approximate surface area is 132 Å². The quantitative estimate of drug-likeness (QED) is 0.408. The lowest BCUT2D eigenvalue weighted by molar-refractivity contribution is -0.137. The number of nitrogens with one attached hydrogen (secondary N) is 1. The Morgan fingerprint density at radius 1 is 1.27 bits per heavy atom. The lowest BCUT2D eigenvalue weighted by Crippen LogP contribution is -2.18. The predicted octanol–water partition coefficient (Wildman–Crippen LogP) is 2.83. The minimum absolute atomic E-state index is 0.270. The predicted molar refractivity (Wildman–Crippen MR) is 89.3 cm³/mol. The molecule has 0 aliphatic heterocycles. The van der Waals surface area contributed by atoms with E-state index >= 15 is 0 Å². The van der Waals surface area contributed by atoms with Crippen LogP contribution in [-0.4, -0.2) is 30.8 Å². The Morgan fingerprint density at radius 3 is 2.77 bits per heavy atom. The Kier molecular flexibility index (Phi) is 9.07. The second-order valence-electron chi connectivity index (χ2n) is 5.43. The highest BCUT2D eigenvalue weighted by Gasteiger charge is 2.02. The molecule has 1 aromatic rings. The number of nitrogen functional groups attached to an aromatic ring is 1. The first-order valence-corrected chi connectivity index (χ1v) is 8.07. The number of carboxylic acid groups (broad SMARTS) is 1. The van der Waals surface area contributed by atoms with Crippen LogP contribution in [0.4, 0.5) is 5.69 Å². The molecule has 5 heteroatoms. The number of aliphatic carboxylic acids is 1. The van der Waals surface area contributed by atoms with Crippen LogP contribution in [0.1, 0.15) is 44.6 Å². The molecule has 0 saturated heterocycles. The first-order valence-electron chi connectivity index (χ1n) is 8.07. The zero-order chi connectivity index (χ0) is 16.2. The molecule has 124 valence electrons. The Balaban J connectivity index is 2.14. The zero-order valence-electron chi connectivity index (χ0n) is 13.4. The van der Waals surface area contributed by atoms with E-state index in [1.807, 2.05) is 12.1 Å². The molecular formula is C17H28N2O3. The van der Waals surface area contributed by atoms with Gasteiger partial charge in [0.05, 0.1) is 12.3 Å². The number of ether oxygens (including phenoxy) is 1. The molecular weight excluding hydrogens is 280 g/mol. The number of benzene rings is 1. The molecule has 1 rings (SSSR count). The van der Waals surface area contributed by atoms with Crippen molar-refractivity contribution in [2.24, 2.45) is 0 Å². The van der Waals surface area contributed by atoms with Gasteiger partial charge in [0.15, 0.2) is 0 Å². The Bertz CT molecular complexity index is 450. The third-order valence-corrected chi connectivity index (χ3v) is 3.37. The van der Waals surface area contributed by atoms with E-state index in [1.54, 1.807) is 0 Å². The molecule has 0 aromatic heterocycles. The summed E-state index contributed by atoms with van der Waals surface area (Å²) in [6, 6.07) is 5.96. The van der Waals surface area contributed by atoms with Gasteiger partial charge in [-0.3, -0.25) is 4.79 Å². The van der Waals surface area contributed by atoms with E-state index in [0.717, 1.165) is 50.9 Å². The summed E-state index contributed by atoms with van der Waals surface area (Å²) in [5, 5.41) is 11.9. The normalized spacial score (nSPS) is 10.6. The topological polar surface area (TPSA) is 84.6 Å². The van der Waals surface area contributed by atoms with E-state index in [4.69, 9.17) is 15.6 Å². The van der Waals surface area contributed by atoms with Crippen molar-refractivity contribution in [1.82, 2.24) is 5.32 Å². The van der Waals surface area contributed by atoms with Crippen LogP contribution in [0.25, 0.3) is 0 Å². The van der Waals surface area contributed by atoms with Crippen molar-refractivity contribution in [2.45, 2.75) is 45.4 Å². The van der Waals surface area contributed by atoms with Gasteiger partial charge < -0.3 is 20.9 Å². The molecule has 4 N–H and O–H groups in total. The van der Waals surface area contributed by atoms with Gasteiger partial charge in [-0.25, -0.2) is 0 Å². The monoisotopic (exact) mass is 308 g/mol. The second kappa shape index (κ2) is 10.9. The van der Waals surface area contributed by atoms with Crippen LogP contribution in [0.15, 0.2) is 18.2 Å². The van der Waals surface area contributed by atoms with Crippen molar-refractivity contribution >= 4 is 11.7 Å². The van der Waals surface area contributed by atoms with E-state index in [0.29, 0.717) is 12.3 Å². The molecule has 0 radical (unpaired) electrons. The Hall–Kier alpha value is -1.75. The highest BCUT2D eigenvalue weighted by molar-refractivity contribution is 5.66. The number of nitrogens with two attached hydrogens (primary N) is 1. The summed E-state index contributed by atoms with van der Waals surface area (Å²) in [4.78, 5) is 10.4. The summed E-state index contributed by atoms with van der Waals surface area (Å²) < 4.78 is 5.56. The maximum atomic E-state index is 10.4. The van der Waals surface area contributed by atoms with Crippen molar-refractivity contribution < 1.29 is 14.6 Å². The second-order valence-corrected chi connectivity index (χ2v) is 5.43. The largest absolute Gasteiger partial charge is 0.491 e. The van der Waals surface area contributed by atoms with Crippen LogP contribution in [0.5, 0.6) is 5.75 Å². The molecule has 0 amide bonds. The Morgan fingerprint density at radius 2 is 2.09 bits per heavy atom. The van der Waals surface area contributed by atoms with E-state index < -0.39 is 5.97 Å². The van der Waals surface area contributed by atoms with E-state index in [1.165, 1.54) is 5.56 Å². The van der Waals surface area contributed by atoms with Crippen molar-refractivity contribution in [1.29, 1.82) is 0 Å². The minimum atomic E-state index is -0.711. The number of hydrogen-bond donors (Lipinski definition) is 3. The standard InChI is InChI=1S/C17H28N2O3/c1-2-12-22-16-8-7-14(13-15(16)18)9-11-19-10-5-3-4-6-17(20)21/h7-8,13,19H,2-6,9-12,18H2,1H3,(H,20,21). The fourth-order valence-electron chi connectivity index (χ4n) is 2.16.